The molecule has 1 unspecified atom stereocenters. The summed E-state index contributed by atoms with van der Waals surface area (Å²) < 4.78 is 38.7. The van der Waals surface area contributed by atoms with Crippen LogP contribution >= 0.6 is 0 Å². The second-order valence-corrected chi connectivity index (χ2v) is 10.1. The van der Waals surface area contributed by atoms with Crippen LogP contribution in [0.1, 0.15) is 6.92 Å². The SMILES string of the molecule is C=CC(=O)N1CCN(c2nc(=O)n3c4nc(c(F)cc24)c2c(F)cccc2oc2ccc4ccccc4c23)C(C)C1. The highest BCUT2D eigenvalue weighted by molar-refractivity contribution is 6.06. The summed E-state index contributed by atoms with van der Waals surface area (Å²) in [5.74, 6) is -1.44. The van der Waals surface area contributed by atoms with Crippen LogP contribution in [0.2, 0.25) is 0 Å². The van der Waals surface area contributed by atoms with Crippen molar-refractivity contribution in [2.24, 2.45) is 0 Å². The summed E-state index contributed by atoms with van der Waals surface area (Å²) in [5, 5.41) is 1.65. The van der Waals surface area contributed by atoms with Gasteiger partial charge in [0, 0.05) is 31.1 Å². The number of carbonyl (C=O) groups is 1. The highest BCUT2D eigenvalue weighted by atomic mass is 19.1. The van der Waals surface area contributed by atoms with Crippen LogP contribution in [-0.2, 0) is 4.79 Å². The largest absolute Gasteiger partial charge is 0.454 e. The maximum absolute atomic E-state index is 15.9. The highest BCUT2D eigenvalue weighted by Crippen LogP contribution is 2.33. The third kappa shape index (κ3) is 3.78. The average molecular weight is 552 g/mol. The van der Waals surface area contributed by atoms with Crippen LogP contribution in [0, 0.1) is 11.6 Å². The molecule has 2 bridgehead atoms. The molecule has 1 saturated heterocycles. The van der Waals surface area contributed by atoms with Gasteiger partial charge in [0.25, 0.3) is 0 Å². The monoisotopic (exact) mass is 551 g/mol. The molecule has 0 N–H and O–H groups in total. The maximum atomic E-state index is 15.9. The Labute approximate surface area is 231 Å². The molecule has 3 aromatic heterocycles. The summed E-state index contributed by atoms with van der Waals surface area (Å²) in [5.41, 5.74) is -0.107. The van der Waals surface area contributed by atoms with Gasteiger partial charge in [-0.05, 0) is 42.7 Å². The molecule has 1 amide bonds. The fourth-order valence-electron chi connectivity index (χ4n) is 5.79. The molecule has 10 heteroatoms. The summed E-state index contributed by atoms with van der Waals surface area (Å²) in [6, 6.07) is 16.2. The Morgan fingerprint density at radius 1 is 1.00 bits per heavy atom. The van der Waals surface area contributed by atoms with Gasteiger partial charge in [-0.2, -0.15) is 4.98 Å². The summed E-state index contributed by atoms with van der Waals surface area (Å²) >= 11 is 0. The molecule has 7 rings (SSSR count). The minimum atomic E-state index is -0.787. The van der Waals surface area contributed by atoms with Crippen LogP contribution in [0.25, 0.3) is 49.4 Å². The second kappa shape index (κ2) is 9.22. The topological polar surface area (TPSA) is 84.0 Å². The third-order valence-corrected chi connectivity index (χ3v) is 7.71. The fraction of sp³-hybridized carbons (Fsp3) is 0.161. The van der Waals surface area contributed by atoms with Gasteiger partial charge in [-0.1, -0.05) is 43.0 Å². The van der Waals surface area contributed by atoms with Gasteiger partial charge in [-0.15, -0.1) is 0 Å². The molecule has 1 aliphatic rings. The number of aromatic nitrogens is 3. The molecule has 8 nitrogen and oxygen atoms in total. The quantitative estimate of drug-likeness (QED) is 0.270. The number of anilines is 1. The first kappa shape index (κ1) is 24.9. The van der Waals surface area contributed by atoms with Crippen molar-refractivity contribution in [3.63, 3.8) is 0 Å². The molecule has 4 heterocycles. The molecule has 0 aliphatic carbocycles. The third-order valence-electron chi connectivity index (χ3n) is 7.71. The normalized spacial score (nSPS) is 15.8. The summed E-state index contributed by atoms with van der Waals surface area (Å²) in [7, 11) is 0. The zero-order valence-corrected chi connectivity index (χ0v) is 22.0. The predicted octanol–water partition coefficient (Wildman–Crippen LogP) is 5.36. The lowest BCUT2D eigenvalue weighted by Crippen LogP contribution is -2.54. The molecule has 6 aromatic rings. The summed E-state index contributed by atoms with van der Waals surface area (Å²) in [6.07, 6.45) is 1.26. The number of rotatable bonds is 2. The molecule has 0 saturated carbocycles. The van der Waals surface area contributed by atoms with E-state index in [0.717, 1.165) is 5.39 Å². The molecular formula is C31H23F2N5O3. The Hall–Kier alpha value is -5.12. The van der Waals surface area contributed by atoms with E-state index in [-0.39, 0.29) is 50.9 Å². The van der Waals surface area contributed by atoms with Gasteiger partial charge in [-0.25, -0.2) is 23.0 Å². The van der Waals surface area contributed by atoms with Crippen molar-refractivity contribution < 1.29 is 18.0 Å². The first-order valence-corrected chi connectivity index (χ1v) is 13.2. The highest BCUT2D eigenvalue weighted by Gasteiger charge is 2.29. The number of piperazine rings is 1. The molecule has 204 valence electrons. The Bertz CT molecular complexity index is 2170. The number of halogens is 2. The van der Waals surface area contributed by atoms with E-state index >= 15 is 8.78 Å². The zero-order valence-electron chi connectivity index (χ0n) is 22.0. The smallest absolute Gasteiger partial charge is 0.355 e. The number of nitrogens with zero attached hydrogens (tertiary/aromatic N) is 5. The van der Waals surface area contributed by atoms with Crippen LogP contribution in [0.3, 0.4) is 0 Å². The average Bonchev–Trinajstić information content (AvgIpc) is 3.03. The van der Waals surface area contributed by atoms with E-state index in [1.807, 2.05) is 42.2 Å². The molecule has 0 spiro atoms. The molecule has 1 atom stereocenters. The van der Waals surface area contributed by atoms with Crippen molar-refractivity contribution in [2.45, 2.75) is 13.0 Å². The standard InChI is InChI=1S/C31H23F2N5O3/c1-3-25(39)36-13-14-37(17(2)16-36)29-20-15-22(33)27-26-21(32)9-6-10-23(26)41-24-12-11-18-7-4-5-8-19(18)28(24)38(30(20)34-27)31(40)35-29/h3-12,15,17H,1,13-14,16H2,2H3. The number of fused-ring (bicyclic) bond motifs is 7. The summed E-state index contributed by atoms with van der Waals surface area (Å²) in [4.78, 5) is 38.8. The van der Waals surface area contributed by atoms with E-state index < -0.39 is 17.3 Å². The van der Waals surface area contributed by atoms with Crippen molar-refractivity contribution in [1.82, 2.24) is 19.3 Å². The number of amides is 1. The van der Waals surface area contributed by atoms with Gasteiger partial charge in [0.2, 0.25) is 5.91 Å². The van der Waals surface area contributed by atoms with E-state index in [9.17, 15) is 9.59 Å². The van der Waals surface area contributed by atoms with Gasteiger partial charge in [0.1, 0.15) is 28.3 Å². The molecule has 41 heavy (non-hydrogen) atoms. The molecule has 1 aliphatic heterocycles. The molecule has 3 aromatic carbocycles. The number of hydrogen-bond donors (Lipinski definition) is 0. The molecular weight excluding hydrogens is 528 g/mol. The van der Waals surface area contributed by atoms with Gasteiger partial charge in [-0.3, -0.25) is 4.79 Å². The van der Waals surface area contributed by atoms with Crippen LogP contribution in [0.4, 0.5) is 14.6 Å². The van der Waals surface area contributed by atoms with Crippen molar-refractivity contribution in [1.29, 1.82) is 0 Å². The second-order valence-electron chi connectivity index (χ2n) is 10.1. The molecule has 0 radical (unpaired) electrons. The molecule has 1 fully saturated rings. The Morgan fingerprint density at radius 2 is 1.83 bits per heavy atom. The van der Waals surface area contributed by atoms with Crippen molar-refractivity contribution >= 4 is 61.1 Å². The van der Waals surface area contributed by atoms with Crippen LogP contribution in [0.15, 0.2) is 82.5 Å². The first-order valence-electron chi connectivity index (χ1n) is 13.2. The van der Waals surface area contributed by atoms with Crippen molar-refractivity contribution in [2.75, 3.05) is 24.5 Å². The fourth-order valence-corrected chi connectivity index (χ4v) is 5.79. The minimum Gasteiger partial charge on any atom is -0.454 e. The Morgan fingerprint density at radius 3 is 2.63 bits per heavy atom. The van der Waals surface area contributed by atoms with Gasteiger partial charge in [0.05, 0.1) is 10.8 Å². The lowest BCUT2D eigenvalue weighted by Gasteiger charge is -2.40. The maximum Gasteiger partial charge on any atom is 0.355 e. The number of benzene rings is 3. The van der Waals surface area contributed by atoms with Crippen LogP contribution < -0.4 is 10.6 Å². The number of hydrogen-bond acceptors (Lipinski definition) is 6. The Kier molecular flexibility index (Phi) is 5.60. The van der Waals surface area contributed by atoms with E-state index in [4.69, 9.17) is 4.42 Å². The number of pyridine rings is 1. The first-order chi connectivity index (χ1) is 19.9. The Balaban J connectivity index is 1.66. The van der Waals surface area contributed by atoms with Gasteiger partial charge in [0.15, 0.2) is 17.0 Å². The van der Waals surface area contributed by atoms with Crippen LogP contribution in [0.5, 0.6) is 0 Å². The van der Waals surface area contributed by atoms with Gasteiger partial charge < -0.3 is 14.2 Å². The summed E-state index contributed by atoms with van der Waals surface area (Å²) in [6.45, 7) is 6.56. The van der Waals surface area contributed by atoms with E-state index in [1.54, 1.807) is 11.0 Å². The van der Waals surface area contributed by atoms with Crippen molar-refractivity contribution in [3.05, 3.63) is 95.4 Å². The van der Waals surface area contributed by atoms with E-state index in [2.05, 4.69) is 16.5 Å². The van der Waals surface area contributed by atoms with Crippen LogP contribution in [-0.4, -0.2) is 50.9 Å². The number of carbonyl (C=O) groups excluding carboxylic acids is 1. The van der Waals surface area contributed by atoms with E-state index in [0.29, 0.717) is 30.5 Å². The van der Waals surface area contributed by atoms with E-state index in [1.165, 1.54) is 34.7 Å². The lowest BCUT2D eigenvalue weighted by atomic mass is 10.1. The zero-order chi connectivity index (χ0) is 28.4. The predicted molar refractivity (Wildman–Crippen MR) is 154 cm³/mol. The minimum absolute atomic E-state index is 0.0675. The van der Waals surface area contributed by atoms with Crippen molar-refractivity contribution in [3.8, 4) is 0 Å². The van der Waals surface area contributed by atoms with Gasteiger partial charge >= 0.3 is 5.69 Å². The lowest BCUT2D eigenvalue weighted by molar-refractivity contribution is -0.126.